The van der Waals surface area contributed by atoms with Gasteiger partial charge < -0.3 is 11.1 Å². The van der Waals surface area contributed by atoms with Gasteiger partial charge in [-0.1, -0.05) is 0 Å². The maximum Gasteiger partial charge on any atom is 0.207 e. The summed E-state index contributed by atoms with van der Waals surface area (Å²) in [6.45, 7) is 0.447. The largest absolute Gasteiger partial charge is 0.354 e. The molecule has 0 aliphatic carbocycles. The average Bonchev–Trinajstić information content (AvgIpc) is 1.83. The summed E-state index contributed by atoms with van der Waals surface area (Å²) in [5.41, 5.74) is 5.20. The SMILES string of the molecule is NC[C@H](CS)NC=O. The monoisotopic (exact) mass is 134 g/mol. The normalized spacial score (nSPS) is 12.8. The minimum absolute atomic E-state index is 0.0239. The lowest BCUT2D eigenvalue weighted by atomic mass is 10.3. The highest BCUT2D eigenvalue weighted by Gasteiger charge is 1.97. The van der Waals surface area contributed by atoms with Gasteiger partial charge in [-0.2, -0.15) is 12.6 Å². The van der Waals surface area contributed by atoms with Crippen LogP contribution in [0.5, 0.6) is 0 Å². The van der Waals surface area contributed by atoms with Crippen molar-refractivity contribution >= 4 is 19.0 Å². The predicted octanol–water partition coefficient (Wildman–Crippen LogP) is -1.01. The van der Waals surface area contributed by atoms with Crippen molar-refractivity contribution < 1.29 is 4.79 Å². The minimum atomic E-state index is 0.0239. The van der Waals surface area contributed by atoms with Crippen molar-refractivity contribution in [1.29, 1.82) is 0 Å². The number of nitrogens with one attached hydrogen (secondary N) is 1. The molecule has 3 N–H and O–H groups in total. The molecule has 0 aromatic carbocycles. The molecule has 0 heterocycles. The number of hydrogen-bond acceptors (Lipinski definition) is 3. The fraction of sp³-hybridized carbons (Fsp3) is 0.750. The molecule has 0 aromatic rings. The van der Waals surface area contributed by atoms with E-state index in [1.54, 1.807) is 0 Å². The van der Waals surface area contributed by atoms with E-state index in [0.717, 1.165) is 0 Å². The van der Waals surface area contributed by atoms with Crippen molar-refractivity contribution in [1.82, 2.24) is 5.32 Å². The summed E-state index contributed by atoms with van der Waals surface area (Å²) in [5.74, 6) is 0.592. The fourth-order valence-corrected chi connectivity index (χ4v) is 0.546. The first-order valence-electron chi connectivity index (χ1n) is 2.35. The molecule has 1 amide bonds. The van der Waals surface area contributed by atoms with Gasteiger partial charge in [0, 0.05) is 18.3 Å². The van der Waals surface area contributed by atoms with Crippen LogP contribution < -0.4 is 11.1 Å². The number of amides is 1. The van der Waals surface area contributed by atoms with Crippen molar-refractivity contribution in [3.8, 4) is 0 Å². The molecular weight excluding hydrogens is 124 g/mol. The topological polar surface area (TPSA) is 55.1 Å². The zero-order valence-electron chi connectivity index (χ0n) is 4.50. The van der Waals surface area contributed by atoms with E-state index < -0.39 is 0 Å². The number of rotatable bonds is 4. The molecule has 0 fully saturated rings. The molecule has 0 unspecified atom stereocenters. The number of hydrogen-bond donors (Lipinski definition) is 3. The zero-order chi connectivity index (χ0) is 6.41. The van der Waals surface area contributed by atoms with E-state index in [-0.39, 0.29) is 6.04 Å². The van der Waals surface area contributed by atoms with Gasteiger partial charge in [0.2, 0.25) is 6.41 Å². The van der Waals surface area contributed by atoms with Gasteiger partial charge >= 0.3 is 0 Å². The Morgan fingerprint density at radius 3 is 2.62 bits per heavy atom. The Bertz CT molecular complexity index is 65.1. The summed E-state index contributed by atoms with van der Waals surface area (Å²) in [6, 6.07) is 0.0239. The lowest BCUT2D eigenvalue weighted by Crippen LogP contribution is -2.36. The second-order valence-corrected chi connectivity index (χ2v) is 1.76. The summed E-state index contributed by atoms with van der Waals surface area (Å²) in [7, 11) is 0. The fourth-order valence-electron chi connectivity index (χ4n) is 0.292. The number of carbonyl (C=O) groups is 1. The van der Waals surface area contributed by atoms with Gasteiger partial charge in [0.25, 0.3) is 0 Å². The maximum atomic E-state index is 9.73. The molecule has 0 radical (unpaired) electrons. The van der Waals surface area contributed by atoms with E-state index in [1.165, 1.54) is 0 Å². The maximum absolute atomic E-state index is 9.73. The molecule has 0 aliphatic rings. The van der Waals surface area contributed by atoms with Crippen LogP contribution in [0.2, 0.25) is 0 Å². The Kier molecular flexibility index (Phi) is 4.79. The molecule has 0 aromatic heterocycles. The molecule has 0 bridgehead atoms. The molecule has 3 nitrogen and oxygen atoms in total. The zero-order valence-corrected chi connectivity index (χ0v) is 5.40. The van der Waals surface area contributed by atoms with Crippen molar-refractivity contribution in [3.63, 3.8) is 0 Å². The molecule has 8 heavy (non-hydrogen) atoms. The highest BCUT2D eigenvalue weighted by molar-refractivity contribution is 7.80. The van der Waals surface area contributed by atoms with Crippen molar-refractivity contribution in [2.24, 2.45) is 5.73 Å². The Morgan fingerprint density at radius 1 is 1.88 bits per heavy atom. The third-order valence-corrected chi connectivity index (χ3v) is 1.25. The average molecular weight is 134 g/mol. The van der Waals surface area contributed by atoms with E-state index in [4.69, 9.17) is 5.73 Å². The van der Waals surface area contributed by atoms with Gasteiger partial charge in [0.05, 0.1) is 0 Å². The van der Waals surface area contributed by atoms with Gasteiger partial charge in [-0.15, -0.1) is 0 Å². The molecule has 0 saturated heterocycles. The Labute approximate surface area is 54.0 Å². The third-order valence-electron chi connectivity index (χ3n) is 0.809. The lowest BCUT2D eigenvalue weighted by Gasteiger charge is -2.07. The van der Waals surface area contributed by atoms with E-state index in [9.17, 15) is 4.79 Å². The minimum Gasteiger partial charge on any atom is -0.354 e. The quantitative estimate of drug-likeness (QED) is 0.341. The summed E-state index contributed by atoms with van der Waals surface area (Å²) >= 11 is 3.93. The highest BCUT2D eigenvalue weighted by atomic mass is 32.1. The molecule has 0 rings (SSSR count). The second kappa shape index (κ2) is 4.93. The molecular formula is C4H10N2OS. The van der Waals surface area contributed by atoms with E-state index >= 15 is 0 Å². The number of nitrogens with two attached hydrogens (primary N) is 1. The van der Waals surface area contributed by atoms with Crippen LogP contribution in [0.15, 0.2) is 0 Å². The van der Waals surface area contributed by atoms with Gasteiger partial charge in [0.15, 0.2) is 0 Å². The molecule has 4 heteroatoms. The number of thiol groups is 1. The summed E-state index contributed by atoms with van der Waals surface area (Å²) in [6.07, 6.45) is 0.633. The van der Waals surface area contributed by atoms with Crippen LogP contribution in [0.1, 0.15) is 0 Å². The molecule has 1 atom stereocenters. The van der Waals surface area contributed by atoms with Crippen LogP contribution in [0, 0.1) is 0 Å². The van der Waals surface area contributed by atoms with Gasteiger partial charge in [0.1, 0.15) is 0 Å². The van der Waals surface area contributed by atoms with Crippen molar-refractivity contribution in [2.45, 2.75) is 6.04 Å². The molecule has 0 spiro atoms. The van der Waals surface area contributed by atoms with Gasteiger partial charge in [-0.05, 0) is 0 Å². The first-order chi connectivity index (χ1) is 3.85. The third kappa shape index (κ3) is 2.87. The van der Waals surface area contributed by atoms with Crippen LogP contribution >= 0.6 is 12.6 Å². The van der Waals surface area contributed by atoms with Crippen LogP contribution in [-0.4, -0.2) is 24.7 Å². The Hall–Kier alpha value is -0.220. The van der Waals surface area contributed by atoms with Crippen LogP contribution in [0.3, 0.4) is 0 Å². The Balaban J connectivity index is 3.20. The standard InChI is InChI=1S/C4H10N2OS/c5-1-4(2-8)6-3-7/h3-4,8H,1-2,5H2,(H,6,7)/t4-/m1/s1. The van der Waals surface area contributed by atoms with E-state index in [2.05, 4.69) is 17.9 Å². The van der Waals surface area contributed by atoms with Gasteiger partial charge in [-0.25, -0.2) is 0 Å². The van der Waals surface area contributed by atoms with Crippen LogP contribution in [0.25, 0.3) is 0 Å². The van der Waals surface area contributed by atoms with Crippen molar-refractivity contribution in [3.05, 3.63) is 0 Å². The predicted molar refractivity (Wildman–Crippen MR) is 35.9 cm³/mol. The second-order valence-electron chi connectivity index (χ2n) is 1.40. The lowest BCUT2D eigenvalue weighted by molar-refractivity contribution is -0.109. The molecule has 0 aliphatic heterocycles. The van der Waals surface area contributed by atoms with Gasteiger partial charge in [-0.3, -0.25) is 4.79 Å². The van der Waals surface area contributed by atoms with Crippen LogP contribution in [0.4, 0.5) is 0 Å². The summed E-state index contributed by atoms with van der Waals surface area (Å²) in [5, 5.41) is 2.50. The number of carbonyl (C=O) groups excluding carboxylic acids is 1. The first kappa shape index (κ1) is 7.78. The van der Waals surface area contributed by atoms with Crippen molar-refractivity contribution in [2.75, 3.05) is 12.3 Å². The van der Waals surface area contributed by atoms with Crippen LogP contribution in [-0.2, 0) is 4.79 Å². The highest BCUT2D eigenvalue weighted by Crippen LogP contribution is 1.80. The molecule has 48 valence electrons. The smallest absolute Gasteiger partial charge is 0.207 e. The summed E-state index contributed by atoms with van der Waals surface area (Å²) < 4.78 is 0. The van der Waals surface area contributed by atoms with E-state index in [0.29, 0.717) is 18.7 Å². The first-order valence-corrected chi connectivity index (χ1v) is 2.99. The summed E-state index contributed by atoms with van der Waals surface area (Å²) in [4.78, 5) is 9.73. The molecule has 0 saturated carbocycles. The Morgan fingerprint density at radius 2 is 2.50 bits per heavy atom. The van der Waals surface area contributed by atoms with E-state index in [1.807, 2.05) is 0 Å².